The molecule has 0 radical (unpaired) electrons. The van der Waals surface area contributed by atoms with E-state index in [1.807, 2.05) is 13.8 Å². The van der Waals surface area contributed by atoms with Gasteiger partial charge in [-0.05, 0) is 26.2 Å². The molecule has 0 aliphatic rings. The van der Waals surface area contributed by atoms with Crippen LogP contribution >= 0.6 is 11.3 Å². The first-order valence-electron chi connectivity index (χ1n) is 6.55. The summed E-state index contributed by atoms with van der Waals surface area (Å²) in [5, 5.41) is 23.9. The van der Waals surface area contributed by atoms with E-state index in [0.29, 0.717) is 11.6 Å². The number of nitrogens with zero attached hydrogens (tertiary/aromatic N) is 2. The number of aliphatic hydroxyl groups is 1. The Balaban J connectivity index is 2.53. The van der Waals surface area contributed by atoms with Crippen molar-refractivity contribution in [2.24, 2.45) is 0 Å². The summed E-state index contributed by atoms with van der Waals surface area (Å²) in [6.07, 6.45) is 3.15. The van der Waals surface area contributed by atoms with E-state index >= 15 is 0 Å². The Morgan fingerprint density at radius 2 is 2.16 bits per heavy atom. The molecule has 19 heavy (non-hydrogen) atoms. The van der Waals surface area contributed by atoms with E-state index in [-0.39, 0.29) is 12.6 Å². The smallest absolute Gasteiger partial charge is 0.321 e. The van der Waals surface area contributed by atoms with Crippen LogP contribution in [0.5, 0.6) is 0 Å². The number of carbonyl (C=O) groups is 1. The molecule has 0 aromatic carbocycles. The largest absolute Gasteiger partial charge is 0.396 e. The van der Waals surface area contributed by atoms with Gasteiger partial charge < -0.3 is 10.4 Å². The SMILES string of the molecule is CCCc1nnc(NC(=O)NC(C)(CC)CCO)s1. The van der Waals surface area contributed by atoms with E-state index < -0.39 is 5.54 Å². The van der Waals surface area contributed by atoms with E-state index in [0.717, 1.165) is 24.3 Å². The summed E-state index contributed by atoms with van der Waals surface area (Å²) in [7, 11) is 0. The molecule has 0 saturated carbocycles. The summed E-state index contributed by atoms with van der Waals surface area (Å²) in [5.41, 5.74) is -0.407. The number of hydrogen-bond acceptors (Lipinski definition) is 5. The number of nitrogens with one attached hydrogen (secondary N) is 2. The van der Waals surface area contributed by atoms with Gasteiger partial charge in [0.25, 0.3) is 0 Å². The Kier molecular flexibility index (Phi) is 6.17. The predicted molar refractivity (Wildman–Crippen MR) is 76.5 cm³/mol. The number of rotatable bonds is 7. The Morgan fingerprint density at radius 3 is 2.74 bits per heavy atom. The van der Waals surface area contributed by atoms with E-state index in [2.05, 4.69) is 27.8 Å². The minimum Gasteiger partial charge on any atom is -0.396 e. The van der Waals surface area contributed by atoms with Crippen LogP contribution < -0.4 is 10.6 Å². The maximum absolute atomic E-state index is 11.9. The summed E-state index contributed by atoms with van der Waals surface area (Å²) >= 11 is 1.39. The first-order valence-corrected chi connectivity index (χ1v) is 7.37. The molecule has 0 saturated heterocycles. The average Bonchev–Trinajstić information content (AvgIpc) is 2.77. The molecule has 0 aliphatic heterocycles. The average molecular weight is 286 g/mol. The molecular formula is C12H22N4O2S. The Labute approximate surface area is 117 Å². The van der Waals surface area contributed by atoms with E-state index in [1.54, 1.807) is 0 Å². The number of anilines is 1. The number of amides is 2. The van der Waals surface area contributed by atoms with E-state index in [4.69, 9.17) is 5.11 Å². The third-order valence-electron chi connectivity index (χ3n) is 3.01. The van der Waals surface area contributed by atoms with Gasteiger partial charge in [-0.1, -0.05) is 25.2 Å². The fourth-order valence-corrected chi connectivity index (χ4v) is 2.43. The van der Waals surface area contributed by atoms with E-state index in [1.165, 1.54) is 11.3 Å². The van der Waals surface area contributed by atoms with Crippen molar-refractivity contribution in [1.82, 2.24) is 15.5 Å². The highest BCUT2D eigenvalue weighted by Crippen LogP contribution is 2.18. The Bertz CT molecular complexity index is 410. The molecule has 1 rings (SSSR count). The molecule has 108 valence electrons. The van der Waals surface area contributed by atoms with Crippen molar-refractivity contribution in [2.45, 2.75) is 52.0 Å². The van der Waals surface area contributed by atoms with Crippen LogP contribution in [0, 0.1) is 0 Å². The Morgan fingerprint density at radius 1 is 1.42 bits per heavy atom. The van der Waals surface area contributed by atoms with Crippen LogP contribution in [-0.4, -0.2) is 33.5 Å². The van der Waals surface area contributed by atoms with Crippen molar-refractivity contribution >= 4 is 22.5 Å². The van der Waals surface area contributed by atoms with Crippen molar-refractivity contribution in [1.29, 1.82) is 0 Å². The lowest BCUT2D eigenvalue weighted by atomic mass is 9.95. The summed E-state index contributed by atoms with van der Waals surface area (Å²) in [4.78, 5) is 11.9. The van der Waals surface area contributed by atoms with E-state index in [9.17, 15) is 4.79 Å². The molecule has 0 aliphatic carbocycles. The van der Waals surface area contributed by atoms with Gasteiger partial charge >= 0.3 is 6.03 Å². The van der Waals surface area contributed by atoms with Gasteiger partial charge in [-0.2, -0.15) is 0 Å². The highest BCUT2D eigenvalue weighted by molar-refractivity contribution is 7.15. The van der Waals surface area contributed by atoms with Crippen LogP contribution in [0.3, 0.4) is 0 Å². The molecule has 1 aromatic rings. The topological polar surface area (TPSA) is 87.1 Å². The molecule has 0 fully saturated rings. The normalized spacial score (nSPS) is 13.9. The Hall–Kier alpha value is -1.21. The molecular weight excluding hydrogens is 264 g/mol. The van der Waals surface area contributed by atoms with Gasteiger partial charge in [0, 0.05) is 18.6 Å². The first kappa shape index (κ1) is 15.8. The number of aryl methyl sites for hydroxylation is 1. The van der Waals surface area contributed by atoms with Crippen molar-refractivity contribution in [2.75, 3.05) is 11.9 Å². The summed E-state index contributed by atoms with van der Waals surface area (Å²) < 4.78 is 0. The monoisotopic (exact) mass is 286 g/mol. The standard InChI is InChI=1S/C12H22N4O2S/c1-4-6-9-15-16-11(19-9)13-10(18)14-12(3,5-2)7-8-17/h17H,4-8H2,1-3H3,(H2,13,14,16,18). The van der Waals surface area contributed by atoms with Crippen LogP contribution in [0.1, 0.15) is 45.0 Å². The number of carbonyl (C=O) groups excluding carboxylic acids is 1. The number of aliphatic hydroxyl groups excluding tert-OH is 1. The molecule has 3 N–H and O–H groups in total. The zero-order valence-corrected chi connectivity index (χ0v) is 12.5. The lowest BCUT2D eigenvalue weighted by Gasteiger charge is -2.28. The van der Waals surface area contributed by atoms with Crippen molar-refractivity contribution in [3.8, 4) is 0 Å². The number of urea groups is 1. The molecule has 1 heterocycles. The van der Waals surface area contributed by atoms with Gasteiger partial charge in [-0.3, -0.25) is 5.32 Å². The highest BCUT2D eigenvalue weighted by atomic mass is 32.1. The van der Waals surface area contributed by atoms with Crippen LogP contribution in [0.2, 0.25) is 0 Å². The molecule has 0 spiro atoms. The predicted octanol–water partition coefficient (Wildman–Crippen LogP) is 2.16. The molecule has 1 aromatic heterocycles. The maximum atomic E-state index is 11.9. The van der Waals surface area contributed by atoms with Crippen LogP contribution in [-0.2, 0) is 6.42 Å². The summed E-state index contributed by atoms with van der Waals surface area (Å²) in [5.74, 6) is 0. The van der Waals surface area contributed by atoms with Crippen LogP contribution in [0.25, 0.3) is 0 Å². The summed E-state index contributed by atoms with van der Waals surface area (Å²) in [6, 6.07) is -0.308. The second-order valence-corrected chi connectivity index (χ2v) is 5.78. The molecule has 7 heteroatoms. The lowest BCUT2D eigenvalue weighted by molar-refractivity contribution is 0.208. The van der Waals surface area contributed by atoms with Crippen molar-refractivity contribution in [3.05, 3.63) is 5.01 Å². The van der Waals surface area contributed by atoms with Crippen LogP contribution in [0.15, 0.2) is 0 Å². The van der Waals surface area contributed by atoms with Crippen molar-refractivity contribution < 1.29 is 9.90 Å². The lowest BCUT2D eigenvalue weighted by Crippen LogP contribution is -2.48. The summed E-state index contributed by atoms with van der Waals surface area (Å²) in [6.45, 7) is 6.00. The third kappa shape index (κ3) is 5.12. The van der Waals surface area contributed by atoms with Crippen LogP contribution in [0.4, 0.5) is 9.93 Å². The quantitative estimate of drug-likeness (QED) is 0.717. The number of hydrogen-bond donors (Lipinski definition) is 3. The zero-order valence-electron chi connectivity index (χ0n) is 11.7. The van der Waals surface area contributed by atoms with Gasteiger partial charge in [0.05, 0.1) is 0 Å². The first-order chi connectivity index (χ1) is 9.03. The fourth-order valence-electron chi connectivity index (χ4n) is 1.60. The fraction of sp³-hybridized carbons (Fsp3) is 0.750. The molecule has 2 amide bonds. The highest BCUT2D eigenvalue weighted by Gasteiger charge is 2.24. The minimum atomic E-state index is -0.407. The van der Waals surface area contributed by atoms with Gasteiger partial charge in [0.15, 0.2) is 0 Å². The molecule has 1 unspecified atom stereocenters. The second kappa shape index (κ2) is 7.40. The maximum Gasteiger partial charge on any atom is 0.321 e. The van der Waals surface area contributed by atoms with Gasteiger partial charge in [-0.25, -0.2) is 4.79 Å². The van der Waals surface area contributed by atoms with Gasteiger partial charge in [-0.15, -0.1) is 10.2 Å². The van der Waals surface area contributed by atoms with Gasteiger partial charge in [0.1, 0.15) is 5.01 Å². The third-order valence-corrected chi connectivity index (χ3v) is 3.91. The van der Waals surface area contributed by atoms with Crippen molar-refractivity contribution in [3.63, 3.8) is 0 Å². The minimum absolute atomic E-state index is 0.0457. The molecule has 1 atom stereocenters. The molecule has 6 nitrogen and oxygen atoms in total. The van der Waals surface area contributed by atoms with Gasteiger partial charge in [0.2, 0.25) is 5.13 Å². The molecule has 0 bridgehead atoms. The second-order valence-electron chi connectivity index (χ2n) is 4.72. The zero-order chi connectivity index (χ0) is 14.3. The number of aromatic nitrogens is 2.